The lowest BCUT2D eigenvalue weighted by atomic mass is 10.1. The minimum atomic E-state index is 0.502. The monoisotopic (exact) mass is 474 g/mol. The van der Waals surface area contributed by atoms with Crippen LogP contribution in [0.25, 0.3) is 28.2 Å². The number of morpholine rings is 1. The number of ether oxygens (including phenoxy) is 2. The van der Waals surface area contributed by atoms with Gasteiger partial charge < -0.3 is 19.3 Å². The number of anilines is 2. The zero-order valence-corrected chi connectivity index (χ0v) is 20.2. The van der Waals surface area contributed by atoms with E-state index in [1.807, 2.05) is 36.5 Å². The molecule has 4 aromatic rings. The summed E-state index contributed by atoms with van der Waals surface area (Å²) in [5.41, 5.74) is 3.59. The summed E-state index contributed by atoms with van der Waals surface area (Å²) in [4.78, 5) is 19.7. The summed E-state index contributed by atoms with van der Waals surface area (Å²) >= 11 is 0. The predicted octanol–water partition coefficient (Wildman–Crippen LogP) is 3.14. The fourth-order valence-electron chi connectivity index (χ4n) is 4.94. The van der Waals surface area contributed by atoms with Crippen LogP contribution in [-0.2, 0) is 11.3 Å². The van der Waals surface area contributed by atoms with Gasteiger partial charge in [-0.3, -0.25) is 4.57 Å². The van der Waals surface area contributed by atoms with Crippen molar-refractivity contribution in [3.05, 3.63) is 36.5 Å². The van der Waals surface area contributed by atoms with E-state index in [4.69, 9.17) is 29.5 Å². The van der Waals surface area contributed by atoms with Crippen molar-refractivity contribution in [2.45, 2.75) is 26.3 Å². The number of aromatic nitrogens is 6. The van der Waals surface area contributed by atoms with Crippen molar-refractivity contribution in [1.82, 2.24) is 29.3 Å². The Morgan fingerprint density at radius 2 is 1.71 bits per heavy atom. The molecule has 10 heteroatoms. The van der Waals surface area contributed by atoms with Crippen LogP contribution in [0.3, 0.4) is 0 Å². The molecule has 6 rings (SSSR count). The molecule has 0 N–H and O–H groups in total. The molecule has 1 aromatic carbocycles. The summed E-state index contributed by atoms with van der Waals surface area (Å²) in [6, 6.07) is 10.1. The van der Waals surface area contributed by atoms with Gasteiger partial charge >= 0.3 is 0 Å². The zero-order valence-electron chi connectivity index (χ0n) is 20.2. The average Bonchev–Trinajstić information content (AvgIpc) is 3.67. The summed E-state index contributed by atoms with van der Waals surface area (Å²) < 4.78 is 15.1. The number of hydrogen-bond acceptors (Lipinski definition) is 8. The van der Waals surface area contributed by atoms with Crippen molar-refractivity contribution in [3.8, 4) is 23.0 Å². The van der Waals surface area contributed by atoms with Crippen molar-refractivity contribution >= 4 is 22.9 Å². The molecule has 2 fully saturated rings. The third kappa shape index (κ3) is 3.87. The van der Waals surface area contributed by atoms with Crippen molar-refractivity contribution in [2.24, 2.45) is 0 Å². The Morgan fingerprint density at radius 3 is 2.43 bits per heavy atom. The Morgan fingerprint density at radius 1 is 0.943 bits per heavy atom. The van der Waals surface area contributed by atoms with Crippen LogP contribution in [0.15, 0.2) is 36.5 Å². The molecule has 2 saturated heterocycles. The lowest BCUT2D eigenvalue weighted by Gasteiger charge is -2.28. The molecule has 0 atom stereocenters. The third-order valence-corrected chi connectivity index (χ3v) is 6.72. The molecule has 3 aromatic heterocycles. The van der Waals surface area contributed by atoms with E-state index in [2.05, 4.69) is 21.3 Å². The van der Waals surface area contributed by atoms with Gasteiger partial charge in [-0.25, -0.2) is 9.67 Å². The van der Waals surface area contributed by atoms with E-state index in [9.17, 15) is 0 Å². The molecule has 10 nitrogen and oxygen atoms in total. The highest BCUT2D eigenvalue weighted by molar-refractivity contribution is 5.87. The number of imidazole rings is 1. The third-order valence-electron chi connectivity index (χ3n) is 6.72. The summed E-state index contributed by atoms with van der Waals surface area (Å²) in [5.74, 6) is 2.84. The maximum absolute atomic E-state index is 5.61. The molecule has 0 amide bonds. The van der Waals surface area contributed by atoms with Gasteiger partial charge in [0.05, 0.1) is 25.9 Å². The minimum absolute atomic E-state index is 0.502. The second kappa shape index (κ2) is 9.18. The van der Waals surface area contributed by atoms with Gasteiger partial charge in [-0.1, -0.05) is 30.3 Å². The topological polar surface area (TPSA) is 86.4 Å². The maximum Gasteiger partial charge on any atom is 0.254 e. The van der Waals surface area contributed by atoms with Gasteiger partial charge in [-0.05, 0) is 25.3 Å². The highest BCUT2D eigenvalue weighted by atomic mass is 16.5. The SMILES string of the molecule is CCn1c(N2CCCC2)nc2c(N3CCOCC3)nc(-n3cc(-c4ccccc4)c(OC)n3)nc21. The Bertz CT molecular complexity index is 1320. The molecule has 0 radical (unpaired) electrons. The molecule has 0 saturated carbocycles. The Labute approximate surface area is 204 Å². The van der Waals surface area contributed by atoms with Crippen molar-refractivity contribution in [1.29, 1.82) is 0 Å². The second-order valence-corrected chi connectivity index (χ2v) is 8.83. The van der Waals surface area contributed by atoms with Gasteiger partial charge in [0, 0.05) is 38.9 Å². The van der Waals surface area contributed by atoms with Crippen LogP contribution in [0.5, 0.6) is 5.88 Å². The van der Waals surface area contributed by atoms with Gasteiger partial charge in [-0.2, -0.15) is 9.97 Å². The first-order valence-corrected chi connectivity index (χ1v) is 12.3. The van der Waals surface area contributed by atoms with E-state index in [1.54, 1.807) is 11.8 Å². The molecule has 0 spiro atoms. The highest BCUT2D eigenvalue weighted by Crippen LogP contribution is 2.33. The summed E-state index contributed by atoms with van der Waals surface area (Å²) in [5, 5.41) is 4.69. The first-order valence-electron chi connectivity index (χ1n) is 12.3. The van der Waals surface area contributed by atoms with Crippen molar-refractivity contribution in [2.75, 3.05) is 56.3 Å². The quantitative estimate of drug-likeness (QED) is 0.421. The molecule has 0 unspecified atom stereocenters. The first-order chi connectivity index (χ1) is 17.3. The highest BCUT2D eigenvalue weighted by Gasteiger charge is 2.27. The molecule has 0 aliphatic carbocycles. The second-order valence-electron chi connectivity index (χ2n) is 8.83. The molecule has 2 aliphatic heterocycles. The lowest BCUT2D eigenvalue weighted by molar-refractivity contribution is 0.122. The van der Waals surface area contributed by atoms with Crippen molar-refractivity contribution in [3.63, 3.8) is 0 Å². The van der Waals surface area contributed by atoms with Gasteiger partial charge in [0.1, 0.15) is 0 Å². The Hall–Kier alpha value is -3.66. The molecular formula is C25H30N8O2. The van der Waals surface area contributed by atoms with Gasteiger partial charge in [0.2, 0.25) is 11.8 Å². The van der Waals surface area contributed by atoms with E-state index in [1.165, 1.54) is 12.8 Å². The standard InChI is InChI=1S/C25H30N8O2/c1-3-32-22-20(26-25(32)31-11-7-8-12-31)21(30-13-15-35-16-14-30)27-24(28-22)33-17-19(23(29-33)34-2)18-9-5-4-6-10-18/h4-6,9-10,17H,3,7-8,11-16H2,1-2H3. The van der Waals surface area contributed by atoms with Crippen LogP contribution in [0.1, 0.15) is 19.8 Å². The number of fused-ring (bicyclic) bond motifs is 1. The fraction of sp³-hybridized carbons (Fsp3) is 0.440. The van der Waals surface area contributed by atoms with Crippen LogP contribution < -0.4 is 14.5 Å². The maximum atomic E-state index is 5.61. The molecule has 5 heterocycles. The zero-order chi connectivity index (χ0) is 23.8. The Kier molecular flexibility index (Phi) is 5.73. The number of rotatable bonds is 6. The Balaban J connectivity index is 1.53. The summed E-state index contributed by atoms with van der Waals surface area (Å²) in [6.07, 6.45) is 4.32. The van der Waals surface area contributed by atoms with E-state index in [0.29, 0.717) is 25.0 Å². The van der Waals surface area contributed by atoms with Crippen LogP contribution >= 0.6 is 0 Å². The van der Waals surface area contributed by atoms with Crippen molar-refractivity contribution < 1.29 is 9.47 Å². The number of aryl methyl sites for hydroxylation is 1. The van der Waals surface area contributed by atoms with Gasteiger partial charge in [0.25, 0.3) is 5.95 Å². The number of hydrogen-bond donors (Lipinski definition) is 0. The molecule has 0 bridgehead atoms. The molecule has 182 valence electrons. The van der Waals surface area contributed by atoms with Gasteiger partial charge in [-0.15, -0.1) is 5.10 Å². The van der Waals surface area contributed by atoms with Crippen LogP contribution in [0.2, 0.25) is 0 Å². The molecular weight excluding hydrogens is 444 g/mol. The number of benzene rings is 1. The smallest absolute Gasteiger partial charge is 0.254 e. The largest absolute Gasteiger partial charge is 0.479 e. The number of methoxy groups -OCH3 is 1. The van der Waals surface area contributed by atoms with E-state index >= 15 is 0 Å². The molecule has 35 heavy (non-hydrogen) atoms. The summed E-state index contributed by atoms with van der Waals surface area (Å²) in [6.45, 7) is 7.83. The number of nitrogens with zero attached hydrogens (tertiary/aromatic N) is 8. The first kappa shape index (κ1) is 21.8. The van der Waals surface area contributed by atoms with Crippen LogP contribution in [0, 0.1) is 0 Å². The lowest BCUT2D eigenvalue weighted by Crippen LogP contribution is -2.37. The normalized spacial score (nSPS) is 16.4. The molecule has 2 aliphatic rings. The predicted molar refractivity (Wildman–Crippen MR) is 135 cm³/mol. The van der Waals surface area contributed by atoms with Crippen LogP contribution in [-0.4, -0.2) is 75.8 Å². The average molecular weight is 475 g/mol. The summed E-state index contributed by atoms with van der Waals surface area (Å²) in [7, 11) is 1.64. The van der Waals surface area contributed by atoms with E-state index in [0.717, 1.165) is 66.8 Å². The van der Waals surface area contributed by atoms with E-state index in [-0.39, 0.29) is 0 Å². The van der Waals surface area contributed by atoms with E-state index < -0.39 is 0 Å². The van der Waals surface area contributed by atoms with Gasteiger partial charge in [0.15, 0.2) is 17.0 Å². The van der Waals surface area contributed by atoms with Crippen LogP contribution in [0.4, 0.5) is 11.8 Å². The minimum Gasteiger partial charge on any atom is -0.479 e. The fourth-order valence-corrected chi connectivity index (χ4v) is 4.94.